The maximum Gasteiger partial charge on any atom is 0.256 e. The van der Waals surface area contributed by atoms with Crippen LogP contribution in [0.3, 0.4) is 0 Å². The van der Waals surface area contributed by atoms with E-state index in [4.69, 9.17) is 0 Å². The minimum atomic E-state index is -0.248. The van der Waals surface area contributed by atoms with Gasteiger partial charge in [-0.1, -0.05) is 18.2 Å². The molecular formula is C12H11N5O. The van der Waals surface area contributed by atoms with Crippen molar-refractivity contribution >= 4 is 24.4 Å². The van der Waals surface area contributed by atoms with Gasteiger partial charge in [-0.05, 0) is 12.1 Å². The molecule has 0 aliphatic carbocycles. The summed E-state index contributed by atoms with van der Waals surface area (Å²) in [4.78, 5) is 24.4. The summed E-state index contributed by atoms with van der Waals surface area (Å²) in [6.07, 6.45) is 2.86. The monoisotopic (exact) mass is 241 g/mol. The van der Waals surface area contributed by atoms with Gasteiger partial charge in [0.15, 0.2) is 6.17 Å². The van der Waals surface area contributed by atoms with Gasteiger partial charge in [-0.2, -0.15) is 0 Å². The van der Waals surface area contributed by atoms with Crippen molar-refractivity contribution in [2.45, 2.75) is 12.2 Å². The Kier molecular flexibility index (Phi) is 2.60. The average molecular weight is 241 g/mol. The quantitative estimate of drug-likeness (QED) is 0.735. The van der Waals surface area contributed by atoms with Gasteiger partial charge in [-0.15, -0.1) is 0 Å². The number of hydrogen-bond donors (Lipinski definition) is 2. The molecule has 3 rings (SSSR count). The summed E-state index contributed by atoms with van der Waals surface area (Å²) in [6.45, 7) is 0. The van der Waals surface area contributed by atoms with Crippen molar-refractivity contribution < 1.29 is 4.79 Å². The highest BCUT2D eigenvalue weighted by molar-refractivity contribution is 6.11. The van der Waals surface area contributed by atoms with E-state index in [9.17, 15) is 4.79 Å². The summed E-state index contributed by atoms with van der Waals surface area (Å²) in [6, 6.07) is 8.75. The lowest BCUT2D eigenvalue weighted by molar-refractivity contribution is 0.0976. The van der Waals surface area contributed by atoms with Crippen LogP contribution < -0.4 is 10.6 Å². The third-order valence-electron chi connectivity index (χ3n) is 2.76. The zero-order valence-corrected chi connectivity index (χ0v) is 9.45. The number of nitrogens with zero attached hydrogens (tertiary/aromatic N) is 3. The molecule has 0 aromatic heterocycles. The molecule has 2 N–H and O–H groups in total. The van der Waals surface area contributed by atoms with Crippen LogP contribution in [0.1, 0.15) is 10.4 Å². The number of benzene rings is 1. The summed E-state index contributed by atoms with van der Waals surface area (Å²) in [5, 5.41) is 5.75. The molecule has 6 heteroatoms. The minimum absolute atomic E-state index is 0.159. The predicted octanol–water partition coefficient (Wildman–Crippen LogP) is 0.183. The van der Waals surface area contributed by atoms with Gasteiger partial charge in [0.1, 0.15) is 18.2 Å². The van der Waals surface area contributed by atoms with E-state index in [2.05, 4.69) is 25.6 Å². The molecule has 0 fully saturated rings. The molecule has 1 amide bonds. The highest BCUT2D eigenvalue weighted by Crippen LogP contribution is 2.10. The summed E-state index contributed by atoms with van der Waals surface area (Å²) >= 11 is 0. The molecule has 0 spiro atoms. The van der Waals surface area contributed by atoms with E-state index >= 15 is 0 Å². The van der Waals surface area contributed by atoms with E-state index in [-0.39, 0.29) is 18.1 Å². The number of rotatable bonds is 1. The highest BCUT2D eigenvalue weighted by atomic mass is 16.1. The zero-order chi connectivity index (χ0) is 12.4. The zero-order valence-electron chi connectivity index (χ0n) is 9.45. The first-order valence-electron chi connectivity index (χ1n) is 5.58. The Morgan fingerprint density at radius 2 is 2.06 bits per heavy atom. The van der Waals surface area contributed by atoms with E-state index in [1.54, 1.807) is 18.5 Å². The van der Waals surface area contributed by atoms with Crippen molar-refractivity contribution in [2.24, 2.45) is 15.0 Å². The Hall–Kier alpha value is -2.50. The van der Waals surface area contributed by atoms with Crippen LogP contribution in [0.25, 0.3) is 0 Å². The van der Waals surface area contributed by atoms with Crippen LogP contribution >= 0.6 is 0 Å². The van der Waals surface area contributed by atoms with Crippen molar-refractivity contribution in [1.82, 2.24) is 10.6 Å². The Bertz CT molecular complexity index is 549. The number of aliphatic imine (C=N–C) groups is 3. The van der Waals surface area contributed by atoms with Crippen LogP contribution in [-0.2, 0) is 0 Å². The molecular weight excluding hydrogens is 230 g/mol. The molecule has 6 nitrogen and oxygen atoms in total. The molecule has 0 radical (unpaired) electrons. The largest absolute Gasteiger partial charge is 0.353 e. The van der Waals surface area contributed by atoms with Gasteiger partial charge in [0.2, 0.25) is 0 Å². The first kappa shape index (κ1) is 10.6. The maximum atomic E-state index is 12.0. The van der Waals surface area contributed by atoms with E-state index < -0.39 is 0 Å². The predicted molar refractivity (Wildman–Crippen MR) is 69.0 cm³/mol. The lowest BCUT2D eigenvalue weighted by Crippen LogP contribution is -2.46. The lowest BCUT2D eigenvalue weighted by Gasteiger charge is -2.19. The molecule has 2 unspecified atom stereocenters. The summed E-state index contributed by atoms with van der Waals surface area (Å²) in [7, 11) is 0. The van der Waals surface area contributed by atoms with Gasteiger partial charge in [-0.25, -0.2) is 9.98 Å². The first-order valence-corrected chi connectivity index (χ1v) is 5.58. The maximum absolute atomic E-state index is 12.0. The lowest BCUT2D eigenvalue weighted by atomic mass is 10.2. The number of carbonyl (C=O) groups excluding carboxylic acids is 1. The molecule has 2 heterocycles. The summed E-state index contributed by atoms with van der Waals surface area (Å²) in [5.41, 5.74) is 0.592. The van der Waals surface area contributed by atoms with Gasteiger partial charge in [0.25, 0.3) is 5.91 Å². The molecule has 1 aromatic carbocycles. The van der Waals surface area contributed by atoms with Crippen LogP contribution in [0, 0.1) is 0 Å². The van der Waals surface area contributed by atoms with Crippen molar-refractivity contribution in [2.75, 3.05) is 0 Å². The van der Waals surface area contributed by atoms with Crippen LogP contribution in [0.5, 0.6) is 0 Å². The third kappa shape index (κ3) is 1.88. The smallest absolute Gasteiger partial charge is 0.256 e. The Morgan fingerprint density at radius 1 is 1.22 bits per heavy atom. The number of fused-ring (bicyclic) bond motifs is 1. The Labute approximate surface area is 104 Å². The SMILES string of the molecule is O=C(NC1=NC=NC2NC=NC12)c1ccccc1. The van der Waals surface area contributed by atoms with Crippen LogP contribution in [0.2, 0.25) is 0 Å². The van der Waals surface area contributed by atoms with E-state index in [0.29, 0.717) is 11.4 Å². The van der Waals surface area contributed by atoms with Crippen LogP contribution in [-0.4, -0.2) is 36.6 Å². The summed E-state index contributed by atoms with van der Waals surface area (Å²) < 4.78 is 0. The Morgan fingerprint density at radius 3 is 2.89 bits per heavy atom. The number of hydrogen-bond acceptors (Lipinski definition) is 5. The van der Waals surface area contributed by atoms with Gasteiger partial charge in [0, 0.05) is 5.56 Å². The van der Waals surface area contributed by atoms with Crippen LogP contribution in [0.4, 0.5) is 0 Å². The number of amidine groups is 1. The van der Waals surface area contributed by atoms with E-state index in [1.165, 1.54) is 6.34 Å². The molecule has 0 saturated heterocycles. The second-order valence-corrected chi connectivity index (χ2v) is 3.93. The molecule has 2 aliphatic heterocycles. The molecule has 18 heavy (non-hydrogen) atoms. The molecule has 0 bridgehead atoms. The van der Waals surface area contributed by atoms with Crippen molar-refractivity contribution in [1.29, 1.82) is 0 Å². The molecule has 2 aliphatic rings. The normalized spacial score (nSPS) is 24.1. The summed E-state index contributed by atoms with van der Waals surface area (Å²) in [5.74, 6) is 0.329. The van der Waals surface area contributed by atoms with Crippen molar-refractivity contribution in [3.8, 4) is 0 Å². The van der Waals surface area contributed by atoms with Crippen molar-refractivity contribution in [3.05, 3.63) is 35.9 Å². The van der Waals surface area contributed by atoms with Gasteiger partial charge >= 0.3 is 0 Å². The molecule has 2 atom stereocenters. The number of amides is 1. The molecule has 0 saturated carbocycles. The fourth-order valence-corrected chi connectivity index (χ4v) is 1.85. The second-order valence-electron chi connectivity index (χ2n) is 3.93. The van der Waals surface area contributed by atoms with Gasteiger partial charge < -0.3 is 10.6 Å². The topological polar surface area (TPSA) is 78.2 Å². The average Bonchev–Trinajstić information content (AvgIpc) is 2.89. The van der Waals surface area contributed by atoms with Crippen LogP contribution in [0.15, 0.2) is 45.3 Å². The number of carbonyl (C=O) groups is 1. The molecule has 1 aromatic rings. The second kappa shape index (κ2) is 4.40. The van der Waals surface area contributed by atoms with Gasteiger partial charge in [-0.3, -0.25) is 9.79 Å². The van der Waals surface area contributed by atoms with Gasteiger partial charge in [0.05, 0.1) is 6.34 Å². The number of nitrogens with one attached hydrogen (secondary N) is 2. The minimum Gasteiger partial charge on any atom is -0.353 e. The standard InChI is InChI=1S/C12H11N5O/c18-12(8-4-2-1-3-5-8)17-11-9-10(14-6-13-9)15-7-16-11/h1-7,9-10H,(H,13,14)(H,15,16,17,18). The fourth-order valence-electron chi connectivity index (χ4n) is 1.85. The third-order valence-corrected chi connectivity index (χ3v) is 2.76. The Balaban J connectivity index is 1.77. The van der Waals surface area contributed by atoms with Crippen molar-refractivity contribution in [3.63, 3.8) is 0 Å². The van der Waals surface area contributed by atoms with E-state index in [0.717, 1.165) is 0 Å². The van der Waals surface area contributed by atoms with E-state index in [1.807, 2.05) is 18.2 Å². The first-order chi connectivity index (χ1) is 8.84. The fraction of sp³-hybridized carbons (Fsp3) is 0.167. The molecule has 90 valence electrons. The highest BCUT2D eigenvalue weighted by Gasteiger charge is 2.31.